The number of nitrogens with zero attached hydrogens (tertiary/aromatic N) is 1. The molecule has 1 heterocycles. The third-order valence-electron chi connectivity index (χ3n) is 3.26. The highest BCUT2D eigenvalue weighted by molar-refractivity contribution is 5.17. The second-order valence-corrected chi connectivity index (χ2v) is 4.88. The fourth-order valence-corrected chi connectivity index (χ4v) is 2.32. The molecule has 94 valence electrons. The van der Waals surface area contributed by atoms with E-state index in [-0.39, 0.29) is 0 Å². The monoisotopic (exact) mass is 235 g/mol. The Hall–Kier alpha value is -0.900. The van der Waals surface area contributed by atoms with E-state index in [0.717, 1.165) is 31.7 Å². The van der Waals surface area contributed by atoms with E-state index in [1.165, 1.54) is 0 Å². The first-order valence-corrected chi connectivity index (χ1v) is 6.25. The van der Waals surface area contributed by atoms with E-state index in [9.17, 15) is 5.11 Å². The molecule has 2 rings (SSSR count). The number of likely N-dealkylation sites (N-methyl/N-ethyl adjacent to an activating group) is 1. The zero-order chi connectivity index (χ0) is 12.1. The molecule has 0 amide bonds. The van der Waals surface area contributed by atoms with Gasteiger partial charge in [0.05, 0.1) is 12.7 Å². The molecule has 3 nitrogen and oxygen atoms in total. The summed E-state index contributed by atoms with van der Waals surface area (Å²) >= 11 is 0. The molecule has 0 spiro atoms. The zero-order valence-corrected chi connectivity index (χ0v) is 10.4. The molecule has 1 aliphatic rings. The van der Waals surface area contributed by atoms with Crippen molar-refractivity contribution in [2.24, 2.45) is 5.92 Å². The summed E-state index contributed by atoms with van der Waals surface area (Å²) in [6.07, 6.45) is 0.745. The Bertz CT molecular complexity index is 322. The number of aliphatic hydroxyl groups excluding tert-OH is 1. The van der Waals surface area contributed by atoms with E-state index in [2.05, 4.69) is 11.9 Å². The van der Waals surface area contributed by atoms with E-state index in [4.69, 9.17) is 4.74 Å². The minimum Gasteiger partial charge on any atom is -0.387 e. The minimum absolute atomic E-state index is 0.400. The molecule has 1 aromatic rings. The summed E-state index contributed by atoms with van der Waals surface area (Å²) in [5.74, 6) is 0.628. The topological polar surface area (TPSA) is 32.7 Å². The van der Waals surface area contributed by atoms with Crippen molar-refractivity contribution in [2.45, 2.75) is 12.5 Å². The van der Waals surface area contributed by atoms with Gasteiger partial charge in [-0.25, -0.2) is 0 Å². The van der Waals surface area contributed by atoms with Crippen LogP contribution < -0.4 is 0 Å². The van der Waals surface area contributed by atoms with Crippen LogP contribution in [0.5, 0.6) is 0 Å². The molecule has 1 aromatic carbocycles. The van der Waals surface area contributed by atoms with Crippen LogP contribution in [0.15, 0.2) is 30.3 Å². The van der Waals surface area contributed by atoms with Gasteiger partial charge in [0.15, 0.2) is 0 Å². The van der Waals surface area contributed by atoms with Crippen LogP contribution >= 0.6 is 0 Å². The summed E-state index contributed by atoms with van der Waals surface area (Å²) in [4.78, 5) is 2.19. The second-order valence-electron chi connectivity index (χ2n) is 4.88. The normalized spacial score (nSPS) is 21.9. The van der Waals surface area contributed by atoms with E-state index in [1.807, 2.05) is 30.3 Å². The van der Waals surface area contributed by atoms with Crippen molar-refractivity contribution >= 4 is 0 Å². The average molecular weight is 235 g/mol. The molecule has 17 heavy (non-hydrogen) atoms. The molecule has 1 aliphatic heterocycles. The number of hydrogen-bond acceptors (Lipinski definition) is 3. The quantitative estimate of drug-likeness (QED) is 0.843. The summed E-state index contributed by atoms with van der Waals surface area (Å²) in [5.41, 5.74) is 0.988. The maximum absolute atomic E-state index is 10.1. The molecule has 2 unspecified atom stereocenters. The summed E-state index contributed by atoms with van der Waals surface area (Å²) in [6.45, 7) is 3.44. The van der Waals surface area contributed by atoms with Gasteiger partial charge in [0, 0.05) is 19.7 Å². The molecule has 1 fully saturated rings. The molecule has 1 N–H and O–H groups in total. The number of rotatable bonds is 5. The zero-order valence-electron chi connectivity index (χ0n) is 10.4. The van der Waals surface area contributed by atoms with Crippen molar-refractivity contribution in [1.82, 2.24) is 4.90 Å². The van der Waals surface area contributed by atoms with Crippen LogP contribution in [0, 0.1) is 5.92 Å². The van der Waals surface area contributed by atoms with Gasteiger partial charge in [-0.05, 0) is 24.9 Å². The molecule has 0 saturated carbocycles. The minimum atomic E-state index is -0.400. The number of aliphatic hydroxyl groups is 1. The van der Waals surface area contributed by atoms with Crippen molar-refractivity contribution in [3.8, 4) is 0 Å². The third kappa shape index (κ3) is 3.80. The van der Waals surface area contributed by atoms with Gasteiger partial charge in [0.2, 0.25) is 0 Å². The molecular formula is C14H21NO2. The van der Waals surface area contributed by atoms with Gasteiger partial charge >= 0.3 is 0 Å². The van der Waals surface area contributed by atoms with Crippen LogP contribution in [0.4, 0.5) is 0 Å². The maximum atomic E-state index is 10.1. The largest absolute Gasteiger partial charge is 0.387 e. The molecular weight excluding hydrogens is 214 g/mol. The average Bonchev–Trinajstić information content (AvgIpc) is 2.82. The molecule has 0 aliphatic carbocycles. The lowest BCUT2D eigenvalue weighted by atomic mass is 10.1. The van der Waals surface area contributed by atoms with E-state index in [0.29, 0.717) is 12.5 Å². The fraction of sp³-hybridized carbons (Fsp3) is 0.571. The Balaban J connectivity index is 1.79. The molecule has 2 atom stereocenters. The van der Waals surface area contributed by atoms with E-state index in [1.54, 1.807) is 0 Å². The SMILES string of the molecule is CN(CC1CCOC1)CC(O)c1ccccc1. The van der Waals surface area contributed by atoms with Crippen LogP contribution in [0.1, 0.15) is 18.1 Å². The van der Waals surface area contributed by atoms with Crippen LogP contribution in [0.3, 0.4) is 0 Å². The number of ether oxygens (including phenoxy) is 1. The Labute approximate surface area is 103 Å². The molecule has 0 bridgehead atoms. The van der Waals surface area contributed by atoms with Gasteiger partial charge < -0.3 is 14.7 Å². The summed E-state index contributed by atoms with van der Waals surface area (Å²) in [6, 6.07) is 9.83. The van der Waals surface area contributed by atoms with Crippen molar-refractivity contribution in [3.05, 3.63) is 35.9 Å². The van der Waals surface area contributed by atoms with Crippen LogP contribution in [-0.2, 0) is 4.74 Å². The van der Waals surface area contributed by atoms with Crippen molar-refractivity contribution < 1.29 is 9.84 Å². The van der Waals surface area contributed by atoms with Crippen molar-refractivity contribution in [2.75, 3.05) is 33.4 Å². The standard InChI is InChI=1S/C14H21NO2/c1-15(9-12-7-8-17-11-12)10-14(16)13-5-3-2-4-6-13/h2-6,12,14,16H,7-11H2,1H3. The molecule has 0 aromatic heterocycles. The first-order valence-electron chi connectivity index (χ1n) is 6.25. The second kappa shape index (κ2) is 6.15. The van der Waals surface area contributed by atoms with Gasteiger partial charge in [-0.1, -0.05) is 30.3 Å². The summed E-state index contributed by atoms with van der Waals surface area (Å²) < 4.78 is 5.36. The first kappa shape index (κ1) is 12.6. The highest BCUT2D eigenvalue weighted by atomic mass is 16.5. The Morgan fingerprint density at radius 2 is 2.18 bits per heavy atom. The fourth-order valence-electron chi connectivity index (χ4n) is 2.32. The van der Waals surface area contributed by atoms with Gasteiger partial charge in [-0.3, -0.25) is 0 Å². The van der Waals surface area contributed by atoms with Gasteiger partial charge in [0.25, 0.3) is 0 Å². The highest BCUT2D eigenvalue weighted by Crippen LogP contribution is 2.16. The third-order valence-corrected chi connectivity index (χ3v) is 3.26. The maximum Gasteiger partial charge on any atom is 0.0916 e. The highest BCUT2D eigenvalue weighted by Gasteiger charge is 2.19. The number of benzene rings is 1. The predicted octanol–water partition coefficient (Wildman–Crippen LogP) is 1.69. The Kier molecular flexibility index (Phi) is 4.54. The lowest BCUT2D eigenvalue weighted by Gasteiger charge is -2.23. The van der Waals surface area contributed by atoms with Crippen LogP contribution in [-0.4, -0.2) is 43.4 Å². The Morgan fingerprint density at radius 1 is 1.41 bits per heavy atom. The lowest BCUT2D eigenvalue weighted by molar-refractivity contribution is 0.113. The van der Waals surface area contributed by atoms with Gasteiger partial charge in [-0.2, -0.15) is 0 Å². The summed E-state index contributed by atoms with van der Waals surface area (Å²) in [7, 11) is 2.06. The molecule has 0 radical (unpaired) electrons. The number of hydrogen-bond donors (Lipinski definition) is 1. The predicted molar refractivity (Wildman–Crippen MR) is 67.8 cm³/mol. The van der Waals surface area contributed by atoms with E-state index < -0.39 is 6.10 Å². The first-order chi connectivity index (χ1) is 8.25. The van der Waals surface area contributed by atoms with Crippen molar-refractivity contribution in [1.29, 1.82) is 0 Å². The molecule has 1 saturated heterocycles. The van der Waals surface area contributed by atoms with Crippen LogP contribution in [0.25, 0.3) is 0 Å². The van der Waals surface area contributed by atoms with Gasteiger partial charge in [-0.15, -0.1) is 0 Å². The van der Waals surface area contributed by atoms with Crippen molar-refractivity contribution in [3.63, 3.8) is 0 Å². The smallest absolute Gasteiger partial charge is 0.0916 e. The van der Waals surface area contributed by atoms with Crippen LogP contribution in [0.2, 0.25) is 0 Å². The molecule has 3 heteroatoms. The Morgan fingerprint density at radius 3 is 2.82 bits per heavy atom. The van der Waals surface area contributed by atoms with E-state index >= 15 is 0 Å². The lowest BCUT2D eigenvalue weighted by Crippen LogP contribution is -2.30. The van der Waals surface area contributed by atoms with Gasteiger partial charge in [0.1, 0.15) is 0 Å². The summed E-state index contributed by atoms with van der Waals surface area (Å²) in [5, 5.41) is 10.1.